The van der Waals surface area contributed by atoms with Crippen LogP contribution in [0.2, 0.25) is 0 Å². The van der Waals surface area contributed by atoms with E-state index in [0.717, 1.165) is 0 Å². The number of hydrogen-bond donors (Lipinski definition) is 0. The zero-order chi connectivity index (χ0) is 17.2. The van der Waals surface area contributed by atoms with Crippen LogP contribution in [-0.2, 0) is 16.5 Å². The summed E-state index contributed by atoms with van der Waals surface area (Å²) < 4.78 is 4.50. The Morgan fingerprint density at radius 2 is 0.720 bits per heavy atom. The zero-order valence-electron chi connectivity index (χ0n) is 13.8. The first-order valence-electron chi connectivity index (χ1n) is 8.08. The summed E-state index contributed by atoms with van der Waals surface area (Å²) in [6.07, 6.45) is 3.50. The molecular weight excluding hydrogens is 482 g/mol. The molecule has 126 valence electrons. The number of benzene rings is 3. The molecule has 0 unspecified atom stereocenters. The third-order valence-corrected chi connectivity index (χ3v) is 9.84. The van der Waals surface area contributed by atoms with Crippen LogP contribution in [-0.4, -0.2) is 4.98 Å². The molecule has 0 atom stereocenters. The zero-order valence-corrected chi connectivity index (χ0v) is 16.2. The van der Waals surface area contributed by atoms with Crippen LogP contribution in [0.5, 0.6) is 0 Å². The first-order chi connectivity index (χ1) is 12.4. The molecule has 0 spiro atoms. The second-order valence-corrected chi connectivity index (χ2v) is 11.0. The van der Waals surface area contributed by atoms with Gasteiger partial charge in [0, 0.05) is 12.4 Å². The van der Waals surface area contributed by atoms with Crippen molar-refractivity contribution < 1.29 is 16.5 Å². The Labute approximate surface area is 155 Å². The van der Waals surface area contributed by atoms with E-state index in [-0.39, 0.29) is 0 Å². The SMILES string of the molecule is c1cc[c]([Ir]([c]2ccccc2)[c]2ccccc2)cc1.c1ccncc1. The second-order valence-electron chi connectivity index (χ2n) is 5.08. The van der Waals surface area contributed by atoms with E-state index >= 15 is 0 Å². The molecule has 3 aromatic carbocycles. The van der Waals surface area contributed by atoms with Gasteiger partial charge >= 0.3 is 120 Å². The van der Waals surface area contributed by atoms with E-state index in [1.54, 1.807) is 12.4 Å². The molecule has 0 fully saturated rings. The van der Waals surface area contributed by atoms with E-state index in [1.165, 1.54) is 12.2 Å². The molecule has 0 aliphatic rings. The molecule has 0 aliphatic heterocycles. The molecule has 4 rings (SSSR count). The van der Waals surface area contributed by atoms with Crippen molar-refractivity contribution in [1.82, 2.24) is 4.98 Å². The summed E-state index contributed by atoms with van der Waals surface area (Å²) >= 11 is -1.63. The molecule has 0 aliphatic carbocycles. The van der Waals surface area contributed by atoms with Gasteiger partial charge in [-0.2, -0.15) is 0 Å². The smallest absolute Gasteiger partial charge is 0.0267 e. The van der Waals surface area contributed by atoms with Crippen LogP contribution >= 0.6 is 0 Å². The molecule has 0 saturated carbocycles. The van der Waals surface area contributed by atoms with Crippen LogP contribution in [0.3, 0.4) is 0 Å². The van der Waals surface area contributed by atoms with Gasteiger partial charge in [0.2, 0.25) is 0 Å². The first-order valence-corrected chi connectivity index (χ1v) is 11.7. The van der Waals surface area contributed by atoms with Gasteiger partial charge in [-0.05, 0) is 12.1 Å². The standard InChI is InChI=1S/3C6H5.C5H5N.Ir/c4*1-2-4-6-5-3-1;/h4*1-5H;. The van der Waals surface area contributed by atoms with Gasteiger partial charge in [0.1, 0.15) is 0 Å². The summed E-state index contributed by atoms with van der Waals surface area (Å²) in [6.45, 7) is 0. The van der Waals surface area contributed by atoms with Crippen LogP contribution in [0.1, 0.15) is 0 Å². The van der Waals surface area contributed by atoms with Gasteiger partial charge in [-0.15, -0.1) is 0 Å². The Bertz CT molecular complexity index is 713. The predicted molar refractivity (Wildman–Crippen MR) is 102 cm³/mol. The summed E-state index contributed by atoms with van der Waals surface area (Å²) in [6, 6.07) is 38.5. The van der Waals surface area contributed by atoms with Gasteiger partial charge in [0.25, 0.3) is 0 Å². The number of hydrogen-bond acceptors (Lipinski definition) is 1. The Balaban J connectivity index is 0.000000258. The van der Waals surface area contributed by atoms with Crippen molar-refractivity contribution in [3.8, 4) is 0 Å². The molecule has 0 radical (unpaired) electrons. The van der Waals surface area contributed by atoms with E-state index in [4.69, 9.17) is 0 Å². The van der Waals surface area contributed by atoms with E-state index in [1.807, 2.05) is 18.2 Å². The summed E-state index contributed by atoms with van der Waals surface area (Å²) in [4.78, 5) is 3.78. The minimum atomic E-state index is -1.63. The Morgan fingerprint density at radius 1 is 0.400 bits per heavy atom. The van der Waals surface area contributed by atoms with E-state index in [9.17, 15) is 0 Å². The van der Waals surface area contributed by atoms with Crippen LogP contribution in [0.15, 0.2) is 122 Å². The fraction of sp³-hybridized carbons (Fsp3) is 0. The summed E-state index contributed by atoms with van der Waals surface area (Å²) in [7, 11) is 0. The van der Waals surface area contributed by atoms with Crippen molar-refractivity contribution in [2.24, 2.45) is 0 Å². The van der Waals surface area contributed by atoms with E-state index in [0.29, 0.717) is 0 Å². The van der Waals surface area contributed by atoms with E-state index in [2.05, 4.69) is 96.0 Å². The maximum Gasteiger partial charge on any atom is 0.0267 e. The van der Waals surface area contributed by atoms with Gasteiger partial charge in [-0.3, -0.25) is 4.98 Å². The maximum absolute atomic E-state index is 3.78. The molecular formula is C23H20IrN. The normalized spacial score (nSPS) is 10.3. The van der Waals surface area contributed by atoms with Crippen LogP contribution in [0.25, 0.3) is 0 Å². The topological polar surface area (TPSA) is 12.9 Å². The van der Waals surface area contributed by atoms with Crippen molar-refractivity contribution >= 4 is 12.2 Å². The van der Waals surface area contributed by atoms with Crippen molar-refractivity contribution in [1.29, 1.82) is 0 Å². The minimum Gasteiger partial charge on any atom is -0.265 e. The first kappa shape index (κ1) is 17.3. The monoisotopic (exact) mass is 503 g/mol. The molecule has 0 N–H and O–H groups in total. The van der Waals surface area contributed by atoms with Gasteiger partial charge in [0.05, 0.1) is 0 Å². The quantitative estimate of drug-likeness (QED) is 0.417. The Kier molecular flexibility index (Phi) is 6.70. The summed E-state index contributed by atoms with van der Waals surface area (Å²) in [5.41, 5.74) is 0. The van der Waals surface area contributed by atoms with Gasteiger partial charge in [-0.25, -0.2) is 0 Å². The number of aromatic nitrogens is 1. The van der Waals surface area contributed by atoms with E-state index < -0.39 is 16.5 Å². The second kappa shape index (κ2) is 9.68. The van der Waals surface area contributed by atoms with Crippen LogP contribution in [0.4, 0.5) is 0 Å². The molecule has 1 heterocycles. The Morgan fingerprint density at radius 3 is 0.960 bits per heavy atom. The van der Waals surface area contributed by atoms with Crippen molar-refractivity contribution in [2.45, 2.75) is 0 Å². The number of pyridine rings is 1. The maximum atomic E-state index is 3.78. The van der Waals surface area contributed by atoms with Crippen LogP contribution < -0.4 is 12.2 Å². The molecule has 4 aromatic rings. The molecule has 25 heavy (non-hydrogen) atoms. The summed E-state index contributed by atoms with van der Waals surface area (Å²) in [5.74, 6) is 0. The number of nitrogens with zero attached hydrogens (tertiary/aromatic N) is 1. The van der Waals surface area contributed by atoms with Crippen molar-refractivity contribution in [3.63, 3.8) is 0 Å². The molecule has 0 bridgehead atoms. The van der Waals surface area contributed by atoms with Gasteiger partial charge < -0.3 is 0 Å². The van der Waals surface area contributed by atoms with Crippen molar-refractivity contribution in [2.75, 3.05) is 0 Å². The Hall–Kier alpha value is -2.54. The van der Waals surface area contributed by atoms with Gasteiger partial charge in [-0.1, -0.05) is 6.07 Å². The fourth-order valence-corrected chi connectivity index (χ4v) is 8.37. The molecule has 1 nitrogen and oxygen atoms in total. The summed E-state index contributed by atoms with van der Waals surface area (Å²) in [5, 5.41) is 0. The number of rotatable bonds is 3. The minimum absolute atomic E-state index is 1.50. The predicted octanol–water partition coefficient (Wildman–Crippen LogP) is 3.66. The average Bonchev–Trinajstić information content (AvgIpc) is 2.72. The molecule has 0 saturated heterocycles. The molecule has 2 heteroatoms. The van der Waals surface area contributed by atoms with Crippen LogP contribution in [0, 0.1) is 0 Å². The van der Waals surface area contributed by atoms with Crippen molar-refractivity contribution in [3.05, 3.63) is 122 Å². The largest absolute Gasteiger partial charge is 0.265 e. The molecule has 0 amide bonds. The third kappa shape index (κ3) is 5.22. The average molecular weight is 503 g/mol. The molecule has 1 aromatic heterocycles. The van der Waals surface area contributed by atoms with Gasteiger partial charge in [0.15, 0.2) is 0 Å². The third-order valence-electron chi connectivity index (χ3n) is 3.30. The fourth-order valence-electron chi connectivity index (χ4n) is 2.20.